The minimum Gasteiger partial charge on any atom is -0.385 e. The van der Waals surface area contributed by atoms with Crippen LogP contribution in [0.5, 0.6) is 0 Å². The molecule has 1 heterocycles. The first kappa shape index (κ1) is 13.9. The average Bonchev–Trinajstić information content (AvgIpc) is 2.44. The van der Waals surface area contributed by atoms with Gasteiger partial charge in [-0.3, -0.25) is 0 Å². The maximum Gasteiger partial charge on any atom is 0.133 e. The summed E-state index contributed by atoms with van der Waals surface area (Å²) in [5.74, 6) is 0.923. The molecule has 0 saturated carbocycles. The van der Waals surface area contributed by atoms with Gasteiger partial charge in [0, 0.05) is 25.7 Å². The zero-order chi connectivity index (χ0) is 13.7. The van der Waals surface area contributed by atoms with Gasteiger partial charge in [0.2, 0.25) is 0 Å². The van der Waals surface area contributed by atoms with Crippen LogP contribution in [0.2, 0.25) is 0 Å². The van der Waals surface area contributed by atoms with Crippen LogP contribution in [0.3, 0.4) is 0 Å². The third-order valence-corrected chi connectivity index (χ3v) is 3.42. The van der Waals surface area contributed by atoms with Gasteiger partial charge >= 0.3 is 0 Å². The van der Waals surface area contributed by atoms with Crippen LogP contribution in [0.25, 0.3) is 11.3 Å². The lowest BCUT2D eigenvalue weighted by Gasteiger charge is -2.09. The second kappa shape index (κ2) is 6.59. The van der Waals surface area contributed by atoms with Gasteiger partial charge < -0.3 is 9.72 Å². The first-order chi connectivity index (χ1) is 9.22. The van der Waals surface area contributed by atoms with Crippen molar-refractivity contribution in [3.8, 4) is 11.3 Å². The highest BCUT2D eigenvalue weighted by Gasteiger charge is 2.06. The van der Waals surface area contributed by atoms with Crippen LogP contribution in [0, 0.1) is 11.6 Å². The van der Waals surface area contributed by atoms with Crippen molar-refractivity contribution in [1.29, 1.82) is 0 Å². The third kappa shape index (κ3) is 3.49. The molecule has 19 heavy (non-hydrogen) atoms. The number of nitrogens with one attached hydrogen (secondary N) is 1. The van der Waals surface area contributed by atoms with Gasteiger partial charge in [-0.25, -0.2) is 4.98 Å². The molecule has 0 radical (unpaired) electrons. The van der Waals surface area contributed by atoms with Gasteiger partial charge in [-0.2, -0.15) is 0 Å². The number of aryl methyl sites for hydroxylation is 1. The molecule has 0 aliphatic heterocycles. The van der Waals surface area contributed by atoms with Gasteiger partial charge in [-0.05, 0) is 18.9 Å². The smallest absolute Gasteiger partial charge is 0.133 e. The molecule has 1 aromatic carbocycles. The molecule has 1 N–H and O–H groups in total. The molecular formula is C15H18N2OS. The van der Waals surface area contributed by atoms with Crippen molar-refractivity contribution in [2.45, 2.75) is 19.8 Å². The third-order valence-electron chi connectivity index (χ3n) is 3.03. The molecule has 0 atom stereocenters. The maximum atomic E-state index is 5.34. The van der Waals surface area contributed by atoms with Gasteiger partial charge in [0.1, 0.15) is 10.5 Å². The zero-order valence-corrected chi connectivity index (χ0v) is 12.1. The van der Waals surface area contributed by atoms with Crippen LogP contribution >= 0.6 is 12.2 Å². The minimum atomic E-state index is 0.671. The van der Waals surface area contributed by atoms with E-state index in [9.17, 15) is 0 Å². The largest absolute Gasteiger partial charge is 0.385 e. The molecule has 0 aliphatic rings. The van der Waals surface area contributed by atoms with Gasteiger partial charge in [0.25, 0.3) is 0 Å². The minimum absolute atomic E-state index is 0.671. The number of aromatic nitrogens is 2. The van der Waals surface area contributed by atoms with Crippen LogP contribution in [-0.2, 0) is 11.2 Å². The number of ether oxygens (including phenoxy) is 1. The fourth-order valence-electron chi connectivity index (χ4n) is 1.98. The quantitative estimate of drug-likeness (QED) is 0.667. The van der Waals surface area contributed by atoms with Crippen LogP contribution in [-0.4, -0.2) is 23.7 Å². The summed E-state index contributed by atoms with van der Waals surface area (Å²) in [5.41, 5.74) is 3.23. The monoisotopic (exact) mass is 274 g/mol. The lowest BCUT2D eigenvalue weighted by molar-refractivity contribution is 0.194. The molecular weight excluding hydrogens is 256 g/mol. The summed E-state index contributed by atoms with van der Waals surface area (Å²) in [6.45, 7) is 2.74. The molecule has 0 amide bonds. The normalized spacial score (nSPS) is 10.6. The SMILES string of the molecule is COCCCc1nc(=S)c(C)c(-c2ccccc2)[nH]1. The van der Waals surface area contributed by atoms with Crippen molar-refractivity contribution < 1.29 is 4.74 Å². The Morgan fingerprint density at radius 3 is 2.68 bits per heavy atom. The predicted molar refractivity (Wildman–Crippen MR) is 79.8 cm³/mol. The van der Waals surface area contributed by atoms with Gasteiger partial charge in [-0.15, -0.1) is 0 Å². The molecule has 0 aliphatic carbocycles. The summed E-state index contributed by atoms with van der Waals surface area (Å²) >= 11 is 5.34. The van der Waals surface area contributed by atoms with Gasteiger partial charge in [-0.1, -0.05) is 42.5 Å². The number of hydrogen-bond acceptors (Lipinski definition) is 3. The molecule has 2 rings (SSSR count). The number of methoxy groups -OCH3 is 1. The Balaban J connectivity index is 2.35. The number of H-pyrrole nitrogens is 1. The van der Waals surface area contributed by atoms with Crippen molar-refractivity contribution >= 4 is 12.2 Å². The lowest BCUT2D eigenvalue weighted by Crippen LogP contribution is -2.02. The van der Waals surface area contributed by atoms with Crippen LogP contribution in [0.15, 0.2) is 30.3 Å². The van der Waals surface area contributed by atoms with E-state index in [2.05, 4.69) is 22.1 Å². The predicted octanol–water partition coefficient (Wildman–Crippen LogP) is 3.69. The highest BCUT2D eigenvalue weighted by Crippen LogP contribution is 2.21. The standard InChI is InChI=1S/C15H18N2OS/c1-11-14(12-7-4-3-5-8-12)16-13(17-15(11)19)9-6-10-18-2/h3-5,7-8H,6,9-10H2,1-2H3,(H,16,17,19). The summed E-state index contributed by atoms with van der Waals surface area (Å²) in [4.78, 5) is 7.83. The van der Waals surface area contributed by atoms with Crippen LogP contribution < -0.4 is 0 Å². The van der Waals surface area contributed by atoms with E-state index in [1.54, 1.807) is 7.11 Å². The number of hydrogen-bond donors (Lipinski definition) is 1. The Hall–Kier alpha value is -1.52. The number of aromatic amines is 1. The van der Waals surface area contributed by atoms with Crippen LogP contribution in [0.4, 0.5) is 0 Å². The second-order valence-electron chi connectivity index (χ2n) is 4.45. The van der Waals surface area contributed by atoms with E-state index in [1.807, 2.05) is 25.1 Å². The highest BCUT2D eigenvalue weighted by atomic mass is 32.1. The fourth-order valence-corrected chi connectivity index (χ4v) is 2.19. The Morgan fingerprint density at radius 2 is 2.00 bits per heavy atom. The summed E-state index contributed by atoms with van der Waals surface area (Å²) in [6.07, 6.45) is 1.78. The van der Waals surface area contributed by atoms with E-state index in [4.69, 9.17) is 17.0 Å². The van der Waals surface area contributed by atoms with E-state index in [1.165, 1.54) is 0 Å². The molecule has 0 fully saturated rings. The summed E-state index contributed by atoms with van der Waals surface area (Å²) < 4.78 is 5.74. The van der Waals surface area contributed by atoms with Gasteiger partial charge in [0.15, 0.2) is 0 Å². The van der Waals surface area contributed by atoms with Crippen molar-refractivity contribution in [1.82, 2.24) is 9.97 Å². The Labute approximate surface area is 118 Å². The van der Waals surface area contributed by atoms with E-state index in [0.29, 0.717) is 4.64 Å². The molecule has 3 nitrogen and oxygen atoms in total. The number of rotatable bonds is 5. The van der Waals surface area contributed by atoms with Gasteiger partial charge in [0.05, 0.1) is 5.69 Å². The zero-order valence-electron chi connectivity index (χ0n) is 11.3. The van der Waals surface area contributed by atoms with E-state index >= 15 is 0 Å². The molecule has 100 valence electrons. The number of benzene rings is 1. The topological polar surface area (TPSA) is 37.9 Å². The molecule has 4 heteroatoms. The summed E-state index contributed by atoms with van der Waals surface area (Å²) in [7, 11) is 1.71. The lowest BCUT2D eigenvalue weighted by atomic mass is 10.1. The first-order valence-corrected chi connectivity index (χ1v) is 6.77. The summed E-state index contributed by atoms with van der Waals surface area (Å²) in [6, 6.07) is 10.2. The molecule has 1 aromatic heterocycles. The van der Waals surface area contributed by atoms with Crippen molar-refractivity contribution in [3.05, 3.63) is 46.4 Å². The van der Waals surface area contributed by atoms with Crippen LogP contribution in [0.1, 0.15) is 17.8 Å². The van der Waals surface area contributed by atoms with E-state index in [-0.39, 0.29) is 0 Å². The molecule has 0 bridgehead atoms. The number of nitrogens with zero attached hydrogens (tertiary/aromatic N) is 1. The van der Waals surface area contributed by atoms with Crippen molar-refractivity contribution in [2.24, 2.45) is 0 Å². The Morgan fingerprint density at radius 1 is 1.26 bits per heavy atom. The summed E-state index contributed by atoms with van der Waals surface area (Å²) in [5, 5.41) is 0. The molecule has 0 saturated heterocycles. The molecule has 0 spiro atoms. The first-order valence-electron chi connectivity index (χ1n) is 6.36. The molecule has 0 unspecified atom stereocenters. The molecule has 2 aromatic rings. The van der Waals surface area contributed by atoms with E-state index in [0.717, 1.165) is 42.1 Å². The average molecular weight is 274 g/mol. The maximum absolute atomic E-state index is 5.34. The van der Waals surface area contributed by atoms with E-state index < -0.39 is 0 Å². The fraction of sp³-hybridized carbons (Fsp3) is 0.333. The second-order valence-corrected chi connectivity index (χ2v) is 4.84. The highest BCUT2D eigenvalue weighted by molar-refractivity contribution is 7.71. The Kier molecular flexibility index (Phi) is 4.82. The Bertz CT molecular complexity index is 593. The van der Waals surface area contributed by atoms with Crippen molar-refractivity contribution in [2.75, 3.05) is 13.7 Å². The van der Waals surface area contributed by atoms with Crippen molar-refractivity contribution in [3.63, 3.8) is 0 Å².